The summed E-state index contributed by atoms with van der Waals surface area (Å²) in [6, 6.07) is 22.7. The van der Waals surface area contributed by atoms with E-state index in [4.69, 9.17) is 4.74 Å². The molecule has 168 valence electrons. The second kappa shape index (κ2) is 11.8. The normalized spacial score (nSPS) is 20.7. The molecular weight excluding hydrogens is 382 g/mol. The van der Waals surface area contributed by atoms with Crippen LogP contribution in [-0.4, -0.2) is 80.8 Å². The van der Waals surface area contributed by atoms with Crippen LogP contribution in [0.3, 0.4) is 0 Å². The van der Waals surface area contributed by atoms with E-state index in [1.807, 2.05) is 0 Å². The van der Waals surface area contributed by atoms with Gasteiger partial charge in [0.2, 0.25) is 0 Å². The summed E-state index contributed by atoms with van der Waals surface area (Å²) in [5.41, 5.74) is 2.97. The molecule has 4 nitrogen and oxygen atoms in total. The van der Waals surface area contributed by atoms with Gasteiger partial charge in [0.1, 0.15) is 0 Å². The van der Waals surface area contributed by atoms with Crippen LogP contribution < -0.4 is 0 Å². The van der Waals surface area contributed by atoms with Crippen LogP contribution in [0.15, 0.2) is 60.7 Å². The molecule has 0 radical (unpaired) electrons. The smallest absolute Gasteiger partial charge is 0.0589 e. The van der Waals surface area contributed by atoms with E-state index in [0.29, 0.717) is 6.04 Å². The van der Waals surface area contributed by atoms with E-state index in [-0.39, 0.29) is 0 Å². The van der Waals surface area contributed by atoms with E-state index < -0.39 is 0 Å². The Morgan fingerprint density at radius 1 is 0.806 bits per heavy atom. The predicted molar refractivity (Wildman–Crippen MR) is 128 cm³/mol. The number of benzene rings is 2. The van der Waals surface area contributed by atoms with Crippen LogP contribution in [0.4, 0.5) is 0 Å². The summed E-state index contributed by atoms with van der Waals surface area (Å²) >= 11 is 0. The number of nitrogens with zero attached hydrogens (tertiary/aromatic N) is 3. The van der Waals surface area contributed by atoms with Gasteiger partial charge in [-0.15, -0.1) is 0 Å². The summed E-state index contributed by atoms with van der Waals surface area (Å²) < 4.78 is 5.27. The number of likely N-dealkylation sites (tertiary alicyclic amines) is 1. The molecular formula is C27H39N3O. The van der Waals surface area contributed by atoms with Crippen LogP contribution in [0.25, 0.3) is 0 Å². The topological polar surface area (TPSA) is 19.0 Å². The Morgan fingerprint density at radius 2 is 1.45 bits per heavy atom. The summed E-state index contributed by atoms with van der Waals surface area (Å²) in [7, 11) is 1.80. The monoisotopic (exact) mass is 421 g/mol. The lowest BCUT2D eigenvalue weighted by Crippen LogP contribution is -2.51. The highest BCUT2D eigenvalue weighted by Crippen LogP contribution is 2.27. The second-order valence-corrected chi connectivity index (χ2v) is 9.23. The maximum atomic E-state index is 5.27. The third-order valence-corrected chi connectivity index (χ3v) is 7.15. The van der Waals surface area contributed by atoms with Crippen molar-refractivity contribution in [2.24, 2.45) is 5.92 Å². The number of rotatable bonds is 9. The summed E-state index contributed by atoms with van der Waals surface area (Å²) in [4.78, 5) is 7.97. The van der Waals surface area contributed by atoms with Crippen LogP contribution in [0.2, 0.25) is 0 Å². The highest BCUT2D eigenvalue weighted by atomic mass is 16.5. The van der Waals surface area contributed by atoms with Crippen molar-refractivity contribution in [1.29, 1.82) is 0 Å². The van der Waals surface area contributed by atoms with E-state index in [1.54, 1.807) is 7.11 Å². The average molecular weight is 422 g/mol. The number of piperazine rings is 1. The Labute approximate surface area is 188 Å². The lowest BCUT2D eigenvalue weighted by atomic mass is 9.90. The first-order valence-electron chi connectivity index (χ1n) is 12.1. The van der Waals surface area contributed by atoms with Gasteiger partial charge in [0.05, 0.1) is 6.61 Å². The second-order valence-electron chi connectivity index (χ2n) is 9.23. The number of ether oxygens (including phenoxy) is 1. The molecule has 4 heteroatoms. The molecule has 0 spiro atoms. The molecule has 1 atom stereocenters. The molecule has 2 fully saturated rings. The van der Waals surface area contributed by atoms with Crippen molar-refractivity contribution in [2.75, 3.05) is 66.1 Å². The third kappa shape index (κ3) is 6.63. The van der Waals surface area contributed by atoms with Crippen LogP contribution >= 0.6 is 0 Å². The van der Waals surface area contributed by atoms with Gasteiger partial charge in [0.15, 0.2) is 0 Å². The van der Waals surface area contributed by atoms with E-state index in [9.17, 15) is 0 Å². The maximum Gasteiger partial charge on any atom is 0.0589 e. The van der Waals surface area contributed by atoms with E-state index in [2.05, 4.69) is 75.4 Å². The fourth-order valence-electron chi connectivity index (χ4n) is 5.19. The number of piperidine rings is 1. The first kappa shape index (κ1) is 22.5. The molecule has 2 aliphatic heterocycles. The quantitative estimate of drug-likeness (QED) is 0.610. The van der Waals surface area contributed by atoms with Crippen LogP contribution in [0.1, 0.15) is 30.0 Å². The van der Waals surface area contributed by atoms with Crippen molar-refractivity contribution in [2.45, 2.75) is 25.3 Å². The largest absolute Gasteiger partial charge is 0.383 e. The van der Waals surface area contributed by atoms with E-state index in [0.717, 1.165) is 51.8 Å². The predicted octanol–water partition coefficient (Wildman–Crippen LogP) is 3.95. The average Bonchev–Trinajstić information content (AvgIpc) is 2.84. The van der Waals surface area contributed by atoms with Gasteiger partial charge in [-0.1, -0.05) is 60.7 Å². The molecule has 0 saturated carbocycles. The van der Waals surface area contributed by atoms with Gasteiger partial charge < -0.3 is 9.64 Å². The number of hydrogen-bond acceptors (Lipinski definition) is 4. The lowest BCUT2D eigenvalue weighted by molar-refractivity contribution is 0.0537. The van der Waals surface area contributed by atoms with Crippen LogP contribution in [0, 0.1) is 5.92 Å². The van der Waals surface area contributed by atoms with E-state index >= 15 is 0 Å². The molecule has 0 amide bonds. The van der Waals surface area contributed by atoms with Crippen molar-refractivity contribution in [3.8, 4) is 0 Å². The molecule has 2 aromatic rings. The molecule has 0 N–H and O–H groups in total. The summed E-state index contributed by atoms with van der Waals surface area (Å²) in [5.74, 6) is 0.832. The van der Waals surface area contributed by atoms with Crippen molar-refractivity contribution in [3.05, 3.63) is 71.8 Å². The Hall–Kier alpha value is -1.72. The Morgan fingerprint density at radius 3 is 2.10 bits per heavy atom. The molecule has 1 unspecified atom stereocenters. The fraction of sp³-hybridized carbons (Fsp3) is 0.556. The Kier molecular flexibility index (Phi) is 8.53. The standard InChI is InChI=1S/C27H39N3O/c1-31-21-20-28-16-18-30(19-17-28)27(26-10-6-3-7-11-26)23-29-14-12-25(13-15-29)22-24-8-4-2-5-9-24/h2-11,25,27H,12-23H2,1H3. The number of methoxy groups -OCH3 is 1. The minimum Gasteiger partial charge on any atom is -0.383 e. The van der Waals surface area contributed by atoms with Crippen molar-refractivity contribution >= 4 is 0 Å². The zero-order chi connectivity index (χ0) is 21.3. The SMILES string of the molecule is COCCN1CCN(C(CN2CCC(Cc3ccccc3)CC2)c2ccccc2)CC1. The number of hydrogen-bond donors (Lipinski definition) is 0. The summed E-state index contributed by atoms with van der Waals surface area (Å²) in [5, 5.41) is 0. The van der Waals surface area contributed by atoms with E-state index in [1.165, 1.54) is 43.5 Å². The lowest BCUT2D eigenvalue weighted by Gasteiger charge is -2.42. The van der Waals surface area contributed by atoms with Crippen LogP contribution in [0.5, 0.6) is 0 Å². The zero-order valence-electron chi connectivity index (χ0n) is 19.2. The molecule has 0 aromatic heterocycles. The van der Waals surface area contributed by atoms with Gasteiger partial charge in [-0.2, -0.15) is 0 Å². The van der Waals surface area contributed by atoms with Gasteiger partial charge in [0, 0.05) is 52.4 Å². The third-order valence-electron chi connectivity index (χ3n) is 7.15. The highest BCUT2D eigenvalue weighted by Gasteiger charge is 2.28. The molecule has 31 heavy (non-hydrogen) atoms. The Balaban J connectivity index is 1.32. The van der Waals surface area contributed by atoms with Crippen molar-refractivity contribution < 1.29 is 4.74 Å². The molecule has 4 rings (SSSR count). The van der Waals surface area contributed by atoms with Gasteiger partial charge in [-0.05, 0) is 49.4 Å². The summed E-state index contributed by atoms with van der Waals surface area (Å²) in [6.07, 6.45) is 3.88. The van der Waals surface area contributed by atoms with Gasteiger partial charge >= 0.3 is 0 Å². The summed E-state index contributed by atoms with van der Waals surface area (Å²) in [6.45, 7) is 10.1. The Bertz CT molecular complexity index is 738. The molecule has 2 aliphatic rings. The fourth-order valence-corrected chi connectivity index (χ4v) is 5.19. The first-order chi connectivity index (χ1) is 15.3. The minimum atomic E-state index is 0.497. The van der Waals surface area contributed by atoms with Gasteiger partial charge in [-0.3, -0.25) is 9.80 Å². The van der Waals surface area contributed by atoms with Crippen molar-refractivity contribution in [3.63, 3.8) is 0 Å². The minimum absolute atomic E-state index is 0.497. The molecule has 2 heterocycles. The highest BCUT2D eigenvalue weighted by molar-refractivity contribution is 5.20. The zero-order valence-corrected chi connectivity index (χ0v) is 19.2. The van der Waals surface area contributed by atoms with Crippen molar-refractivity contribution in [1.82, 2.24) is 14.7 Å². The first-order valence-corrected chi connectivity index (χ1v) is 12.1. The molecule has 2 aromatic carbocycles. The molecule has 0 bridgehead atoms. The van der Waals surface area contributed by atoms with Gasteiger partial charge in [-0.25, -0.2) is 0 Å². The molecule has 0 aliphatic carbocycles. The molecule has 2 saturated heterocycles. The maximum absolute atomic E-state index is 5.27. The van der Waals surface area contributed by atoms with Crippen LogP contribution in [-0.2, 0) is 11.2 Å². The van der Waals surface area contributed by atoms with Gasteiger partial charge in [0.25, 0.3) is 0 Å².